The van der Waals surface area contributed by atoms with Crippen molar-refractivity contribution in [1.82, 2.24) is 0 Å². The van der Waals surface area contributed by atoms with Gasteiger partial charge in [0.25, 0.3) is 0 Å². The Balaban J connectivity index is 0.992. The first-order valence-corrected chi connectivity index (χ1v) is 21.8. The van der Waals surface area contributed by atoms with E-state index in [1.165, 1.54) is 66.4 Å². The van der Waals surface area contributed by atoms with Crippen molar-refractivity contribution in [3.63, 3.8) is 0 Å². The summed E-state index contributed by atoms with van der Waals surface area (Å²) in [5, 5.41) is 2.45. The van der Waals surface area contributed by atoms with Gasteiger partial charge in [-0.1, -0.05) is 184 Å². The third kappa shape index (κ3) is 7.06. The van der Waals surface area contributed by atoms with Gasteiger partial charge in [-0.05, 0) is 139 Å². The molecule has 11 rings (SSSR count). The second kappa shape index (κ2) is 15.8. The zero-order valence-electron chi connectivity index (χ0n) is 35.5. The molecule has 0 radical (unpaired) electrons. The lowest BCUT2D eigenvalue weighted by Crippen LogP contribution is -2.17. The van der Waals surface area contributed by atoms with Crippen molar-refractivity contribution >= 4 is 44.9 Å². The molecule has 10 aromatic carbocycles. The Hall–Kier alpha value is -7.94. The van der Waals surface area contributed by atoms with Crippen molar-refractivity contribution in [3.05, 3.63) is 254 Å². The van der Waals surface area contributed by atoms with E-state index in [1.54, 1.807) is 0 Å². The minimum absolute atomic E-state index is 0.261. The Morgan fingerprint density at radius 1 is 0.254 bits per heavy atom. The summed E-state index contributed by atoms with van der Waals surface area (Å²) < 4.78 is 0. The summed E-state index contributed by atoms with van der Waals surface area (Å²) in [6.45, 7) is 4.77. The van der Waals surface area contributed by atoms with Gasteiger partial charge >= 0.3 is 0 Å². The van der Waals surface area contributed by atoms with Crippen molar-refractivity contribution in [1.29, 1.82) is 0 Å². The zero-order valence-corrected chi connectivity index (χ0v) is 35.5. The number of fused-ring (bicyclic) bond motifs is 4. The molecule has 0 aliphatic heterocycles. The van der Waals surface area contributed by atoms with Crippen LogP contribution in [0.3, 0.4) is 0 Å². The SMILES string of the molecule is CC1(C)c2cc(N(c3ccc(-c4ccccc4)cc3)c3ccc(-c4ccccc4)cc3)ccc2-c2ccc(N(c3ccc(-c4ccccc4)cc3)c3ccc4ccccc4c3)cc21. The number of benzene rings is 10. The summed E-state index contributed by atoms with van der Waals surface area (Å²) in [6, 6.07) is 88.3. The molecule has 0 aromatic heterocycles. The molecule has 0 atom stereocenters. The standard InChI is InChI=1S/C61H46N2/c1-61(2)59-41-55(62(51-29-22-47(23-30-51)43-14-6-3-7-15-43)52-31-24-48(25-32-52)44-16-8-4-9-17-44)36-38-57(59)58-39-37-56(42-60(58)61)63(54-35-28-46-20-12-13-21-50(46)40-54)53-33-26-49(27-34-53)45-18-10-5-11-19-45/h3-42H,1-2H3. The van der Waals surface area contributed by atoms with Gasteiger partial charge in [-0.15, -0.1) is 0 Å². The van der Waals surface area contributed by atoms with Gasteiger partial charge in [0.15, 0.2) is 0 Å². The van der Waals surface area contributed by atoms with Crippen LogP contribution in [0.1, 0.15) is 25.0 Å². The van der Waals surface area contributed by atoms with E-state index in [-0.39, 0.29) is 5.41 Å². The van der Waals surface area contributed by atoms with E-state index in [1.807, 2.05) is 0 Å². The molecule has 0 spiro atoms. The highest BCUT2D eigenvalue weighted by Crippen LogP contribution is 2.52. The van der Waals surface area contributed by atoms with Crippen LogP contribution in [-0.4, -0.2) is 0 Å². The maximum Gasteiger partial charge on any atom is 0.0468 e. The van der Waals surface area contributed by atoms with Crippen molar-refractivity contribution in [2.75, 3.05) is 9.80 Å². The van der Waals surface area contributed by atoms with Gasteiger partial charge in [0.1, 0.15) is 0 Å². The number of nitrogens with zero attached hydrogens (tertiary/aromatic N) is 2. The molecule has 1 aliphatic carbocycles. The van der Waals surface area contributed by atoms with Crippen LogP contribution in [0, 0.1) is 0 Å². The third-order valence-electron chi connectivity index (χ3n) is 12.8. The number of rotatable bonds is 9. The first-order chi connectivity index (χ1) is 31.0. The van der Waals surface area contributed by atoms with Crippen LogP contribution >= 0.6 is 0 Å². The predicted octanol–water partition coefficient (Wildman–Crippen LogP) is 17.1. The van der Waals surface area contributed by atoms with E-state index >= 15 is 0 Å². The number of hydrogen-bond acceptors (Lipinski definition) is 2. The number of hydrogen-bond donors (Lipinski definition) is 0. The second-order valence-electron chi connectivity index (χ2n) is 17.0. The predicted molar refractivity (Wildman–Crippen MR) is 267 cm³/mol. The molecule has 2 heteroatoms. The van der Waals surface area contributed by atoms with Crippen molar-refractivity contribution in [2.45, 2.75) is 19.3 Å². The largest absolute Gasteiger partial charge is 0.310 e. The molecule has 0 fully saturated rings. The fourth-order valence-corrected chi connectivity index (χ4v) is 9.50. The fraction of sp³-hybridized carbons (Fsp3) is 0.0492. The minimum atomic E-state index is -0.261. The zero-order chi connectivity index (χ0) is 42.3. The molecule has 0 amide bonds. The fourth-order valence-electron chi connectivity index (χ4n) is 9.50. The van der Waals surface area contributed by atoms with E-state index in [4.69, 9.17) is 0 Å². The Morgan fingerprint density at radius 2 is 0.556 bits per heavy atom. The quantitative estimate of drug-likeness (QED) is 0.143. The first kappa shape index (κ1) is 38.0. The highest BCUT2D eigenvalue weighted by molar-refractivity contribution is 5.92. The Morgan fingerprint density at radius 3 is 0.968 bits per heavy atom. The monoisotopic (exact) mass is 806 g/mol. The smallest absolute Gasteiger partial charge is 0.0468 e. The van der Waals surface area contributed by atoms with E-state index in [0.29, 0.717) is 0 Å². The lowest BCUT2D eigenvalue weighted by Gasteiger charge is -2.29. The van der Waals surface area contributed by atoms with Crippen LogP contribution in [0.2, 0.25) is 0 Å². The average molecular weight is 807 g/mol. The van der Waals surface area contributed by atoms with Crippen LogP contribution in [0.5, 0.6) is 0 Å². The van der Waals surface area contributed by atoms with Gasteiger partial charge in [0.05, 0.1) is 0 Å². The topological polar surface area (TPSA) is 6.48 Å². The normalized spacial score (nSPS) is 12.4. The molecule has 0 saturated heterocycles. The molecule has 300 valence electrons. The molecule has 1 aliphatic rings. The highest BCUT2D eigenvalue weighted by Gasteiger charge is 2.37. The lowest BCUT2D eigenvalue weighted by molar-refractivity contribution is 0.660. The minimum Gasteiger partial charge on any atom is -0.310 e. The summed E-state index contributed by atoms with van der Waals surface area (Å²) in [6.07, 6.45) is 0. The summed E-state index contributed by atoms with van der Waals surface area (Å²) in [7, 11) is 0. The maximum absolute atomic E-state index is 2.43. The molecule has 63 heavy (non-hydrogen) atoms. The van der Waals surface area contributed by atoms with Gasteiger partial charge in [0, 0.05) is 39.5 Å². The van der Waals surface area contributed by atoms with Gasteiger partial charge < -0.3 is 9.80 Å². The molecule has 0 heterocycles. The van der Waals surface area contributed by atoms with Crippen LogP contribution in [0.15, 0.2) is 243 Å². The van der Waals surface area contributed by atoms with Crippen LogP contribution in [0.25, 0.3) is 55.3 Å². The molecule has 0 N–H and O–H groups in total. The molecular weight excluding hydrogens is 761 g/mol. The second-order valence-corrected chi connectivity index (χ2v) is 17.0. The molecule has 10 aromatic rings. The van der Waals surface area contributed by atoms with E-state index < -0.39 is 0 Å². The van der Waals surface area contributed by atoms with Crippen LogP contribution in [-0.2, 0) is 5.41 Å². The molecule has 2 nitrogen and oxygen atoms in total. The molecular formula is C61H46N2. The Bertz CT molecular complexity index is 3130. The summed E-state index contributed by atoms with van der Waals surface area (Å²) in [5.74, 6) is 0. The van der Waals surface area contributed by atoms with Gasteiger partial charge in [0.2, 0.25) is 0 Å². The van der Waals surface area contributed by atoms with Crippen molar-refractivity contribution < 1.29 is 0 Å². The Labute approximate surface area is 370 Å². The average Bonchev–Trinajstić information content (AvgIpc) is 3.57. The van der Waals surface area contributed by atoms with Gasteiger partial charge in [-0.25, -0.2) is 0 Å². The maximum atomic E-state index is 2.43. The number of anilines is 6. The molecule has 0 bridgehead atoms. The molecule has 0 unspecified atom stereocenters. The first-order valence-electron chi connectivity index (χ1n) is 21.8. The van der Waals surface area contributed by atoms with E-state index in [0.717, 1.165) is 34.1 Å². The van der Waals surface area contributed by atoms with Gasteiger partial charge in [-0.2, -0.15) is 0 Å². The Kier molecular flexibility index (Phi) is 9.55. The van der Waals surface area contributed by atoms with Crippen molar-refractivity contribution in [3.8, 4) is 44.5 Å². The van der Waals surface area contributed by atoms with Crippen LogP contribution in [0.4, 0.5) is 34.1 Å². The summed E-state index contributed by atoms with van der Waals surface area (Å²) >= 11 is 0. The highest BCUT2D eigenvalue weighted by atomic mass is 15.1. The third-order valence-corrected chi connectivity index (χ3v) is 12.8. The summed E-state index contributed by atoms with van der Waals surface area (Å²) in [4.78, 5) is 4.81. The van der Waals surface area contributed by atoms with Crippen LogP contribution < -0.4 is 9.80 Å². The summed E-state index contributed by atoms with van der Waals surface area (Å²) in [5.41, 5.74) is 18.9. The molecule has 0 saturated carbocycles. The van der Waals surface area contributed by atoms with Crippen molar-refractivity contribution in [2.24, 2.45) is 0 Å². The van der Waals surface area contributed by atoms with E-state index in [2.05, 4.69) is 266 Å². The van der Waals surface area contributed by atoms with Gasteiger partial charge in [-0.3, -0.25) is 0 Å². The lowest BCUT2D eigenvalue weighted by atomic mass is 9.82. The van der Waals surface area contributed by atoms with E-state index in [9.17, 15) is 0 Å².